The van der Waals surface area contributed by atoms with Gasteiger partial charge in [0.2, 0.25) is 11.2 Å². The quantitative estimate of drug-likeness (QED) is 0.633. The predicted molar refractivity (Wildman–Crippen MR) is 76.9 cm³/mol. The third-order valence-corrected chi connectivity index (χ3v) is 2.66. The van der Waals surface area contributed by atoms with Crippen molar-refractivity contribution in [3.05, 3.63) is 70.5 Å². The van der Waals surface area contributed by atoms with Crippen LogP contribution in [0.4, 0.5) is 4.39 Å². The van der Waals surface area contributed by atoms with E-state index in [0.29, 0.717) is 0 Å². The smallest absolute Gasteiger partial charge is 0.211 e. The molecule has 1 heterocycles. The highest BCUT2D eigenvalue weighted by molar-refractivity contribution is 6.02. The van der Waals surface area contributed by atoms with Crippen LogP contribution in [0.1, 0.15) is 10.5 Å². The van der Waals surface area contributed by atoms with Crippen LogP contribution in [0.3, 0.4) is 0 Å². The molecule has 5 nitrogen and oxygen atoms in total. The summed E-state index contributed by atoms with van der Waals surface area (Å²) in [6.45, 7) is 0. The molecule has 2 aromatic rings. The van der Waals surface area contributed by atoms with Crippen molar-refractivity contribution in [1.29, 1.82) is 0 Å². The summed E-state index contributed by atoms with van der Waals surface area (Å²) in [6.07, 6.45) is 4.09. The van der Waals surface area contributed by atoms with E-state index in [4.69, 9.17) is 0 Å². The van der Waals surface area contributed by atoms with E-state index >= 15 is 0 Å². The fourth-order valence-electron chi connectivity index (χ4n) is 1.65. The van der Waals surface area contributed by atoms with Gasteiger partial charge in [0.25, 0.3) is 0 Å². The second-order valence-electron chi connectivity index (χ2n) is 4.57. The summed E-state index contributed by atoms with van der Waals surface area (Å²) in [5.74, 6) is -1.02. The lowest BCUT2D eigenvalue weighted by Gasteiger charge is -2.07. The average Bonchev–Trinajstić information content (AvgIpc) is 2.46. The van der Waals surface area contributed by atoms with Gasteiger partial charge in [0.05, 0.1) is 0 Å². The monoisotopic (exact) mass is 287 g/mol. The number of rotatable bonds is 4. The summed E-state index contributed by atoms with van der Waals surface area (Å²) < 4.78 is 14.9. The third kappa shape index (κ3) is 3.42. The van der Waals surface area contributed by atoms with E-state index in [9.17, 15) is 14.0 Å². The molecular weight excluding hydrogens is 273 g/mol. The fraction of sp³-hybridized carbons (Fsp3) is 0.133. The number of para-hydroxylation sites is 1. The van der Waals surface area contributed by atoms with Gasteiger partial charge in [-0.15, -0.1) is 0 Å². The maximum Gasteiger partial charge on any atom is 0.211 e. The third-order valence-electron chi connectivity index (χ3n) is 2.66. The van der Waals surface area contributed by atoms with Crippen LogP contribution in [-0.4, -0.2) is 34.6 Å². The molecule has 0 aliphatic rings. The second kappa shape index (κ2) is 6.13. The molecule has 1 aromatic carbocycles. The minimum Gasteiger partial charge on any atom is -0.383 e. The van der Waals surface area contributed by atoms with Crippen LogP contribution in [0.15, 0.2) is 53.6 Å². The molecule has 0 fully saturated rings. The van der Waals surface area contributed by atoms with E-state index in [1.165, 1.54) is 41.4 Å². The first kappa shape index (κ1) is 14.6. The zero-order valence-corrected chi connectivity index (χ0v) is 11.7. The lowest BCUT2D eigenvalue weighted by molar-refractivity contribution is 0.103. The number of allylic oxidation sites excluding steroid dienone is 1. The molecule has 2 rings (SSSR count). The molecule has 0 spiro atoms. The molecule has 0 atom stereocenters. The molecule has 0 saturated heterocycles. The summed E-state index contributed by atoms with van der Waals surface area (Å²) in [5, 5.41) is 3.93. The standard InChI is InChI=1S/C15H14FN3O2/c1-18(2)9-7-13(20)15-14(21)8-10-19(17-15)12-6-4-3-5-11(12)16/h3-10H,1-2H3. The van der Waals surface area contributed by atoms with Gasteiger partial charge in [0, 0.05) is 38.6 Å². The topological polar surface area (TPSA) is 55.2 Å². The Bertz CT molecular complexity index is 751. The number of carbonyl (C=O) groups is 1. The molecule has 0 aliphatic heterocycles. The van der Waals surface area contributed by atoms with E-state index in [1.54, 1.807) is 31.1 Å². The fourth-order valence-corrected chi connectivity index (χ4v) is 1.65. The van der Waals surface area contributed by atoms with Crippen molar-refractivity contribution in [1.82, 2.24) is 14.7 Å². The van der Waals surface area contributed by atoms with Gasteiger partial charge in [-0.1, -0.05) is 12.1 Å². The highest BCUT2D eigenvalue weighted by Gasteiger charge is 2.12. The maximum atomic E-state index is 13.7. The van der Waals surface area contributed by atoms with Crippen LogP contribution >= 0.6 is 0 Å². The Hall–Kier alpha value is -2.76. The Morgan fingerprint density at radius 3 is 2.67 bits per heavy atom. The predicted octanol–water partition coefficient (Wildman–Crippen LogP) is 1.63. The van der Waals surface area contributed by atoms with Crippen LogP contribution in [0, 0.1) is 5.82 Å². The Morgan fingerprint density at radius 2 is 2.00 bits per heavy atom. The zero-order valence-electron chi connectivity index (χ0n) is 11.7. The zero-order chi connectivity index (χ0) is 15.4. The molecule has 0 radical (unpaired) electrons. The van der Waals surface area contributed by atoms with Gasteiger partial charge in [-0.2, -0.15) is 5.10 Å². The number of hydrogen-bond acceptors (Lipinski definition) is 4. The number of ketones is 1. The van der Waals surface area contributed by atoms with Gasteiger partial charge >= 0.3 is 0 Å². The van der Waals surface area contributed by atoms with E-state index in [0.717, 1.165) is 0 Å². The van der Waals surface area contributed by atoms with Gasteiger partial charge < -0.3 is 4.90 Å². The second-order valence-corrected chi connectivity index (χ2v) is 4.57. The van der Waals surface area contributed by atoms with Crippen LogP contribution < -0.4 is 5.43 Å². The molecule has 0 aliphatic carbocycles. The first-order valence-electron chi connectivity index (χ1n) is 6.23. The Kier molecular flexibility index (Phi) is 4.27. The lowest BCUT2D eigenvalue weighted by atomic mass is 10.2. The van der Waals surface area contributed by atoms with Crippen molar-refractivity contribution < 1.29 is 9.18 Å². The van der Waals surface area contributed by atoms with E-state index < -0.39 is 17.0 Å². The number of benzene rings is 1. The Labute approximate surface area is 120 Å². The van der Waals surface area contributed by atoms with Crippen LogP contribution in [0.25, 0.3) is 5.69 Å². The van der Waals surface area contributed by atoms with Gasteiger partial charge in [-0.25, -0.2) is 9.07 Å². The van der Waals surface area contributed by atoms with E-state index in [-0.39, 0.29) is 11.4 Å². The van der Waals surface area contributed by atoms with Crippen LogP contribution in [0.2, 0.25) is 0 Å². The van der Waals surface area contributed by atoms with Crippen molar-refractivity contribution in [2.24, 2.45) is 0 Å². The molecule has 21 heavy (non-hydrogen) atoms. The molecule has 0 amide bonds. The SMILES string of the molecule is CN(C)C=CC(=O)c1nn(-c2ccccc2F)ccc1=O. The summed E-state index contributed by atoms with van der Waals surface area (Å²) in [6, 6.07) is 7.17. The minimum atomic E-state index is -0.528. The molecule has 6 heteroatoms. The number of hydrogen-bond donors (Lipinski definition) is 0. The molecule has 0 unspecified atom stereocenters. The van der Waals surface area contributed by atoms with Crippen LogP contribution in [0.5, 0.6) is 0 Å². The van der Waals surface area contributed by atoms with Gasteiger partial charge in [-0.05, 0) is 12.1 Å². The molecular formula is C15H14FN3O2. The first-order chi connectivity index (χ1) is 9.99. The maximum absolute atomic E-state index is 13.7. The molecule has 1 aromatic heterocycles. The first-order valence-corrected chi connectivity index (χ1v) is 6.23. The van der Waals surface area contributed by atoms with E-state index in [2.05, 4.69) is 5.10 Å². The molecule has 0 N–H and O–H groups in total. The molecule has 108 valence electrons. The van der Waals surface area contributed by atoms with Crippen molar-refractivity contribution in [3.8, 4) is 5.69 Å². The lowest BCUT2D eigenvalue weighted by Crippen LogP contribution is -2.20. The van der Waals surface area contributed by atoms with Gasteiger partial charge in [0.1, 0.15) is 11.5 Å². The number of halogens is 1. The largest absolute Gasteiger partial charge is 0.383 e. The summed E-state index contributed by atoms with van der Waals surface area (Å²) >= 11 is 0. The summed E-state index contributed by atoms with van der Waals surface area (Å²) in [4.78, 5) is 25.4. The number of aromatic nitrogens is 2. The van der Waals surface area contributed by atoms with Gasteiger partial charge in [-0.3, -0.25) is 9.59 Å². The highest BCUT2D eigenvalue weighted by atomic mass is 19.1. The normalized spacial score (nSPS) is 10.8. The number of nitrogens with zero attached hydrogens (tertiary/aromatic N) is 3. The van der Waals surface area contributed by atoms with Crippen molar-refractivity contribution in [3.63, 3.8) is 0 Å². The molecule has 0 saturated carbocycles. The van der Waals surface area contributed by atoms with Crippen molar-refractivity contribution >= 4 is 5.78 Å². The Balaban J connectivity index is 2.45. The minimum absolute atomic E-state index is 0.170. The highest BCUT2D eigenvalue weighted by Crippen LogP contribution is 2.10. The van der Waals surface area contributed by atoms with Crippen LogP contribution in [-0.2, 0) is 0 Å². The Morgan fingerprint density at radius 1 is 1.29 bits per heavy atom. The van der Waals surface area contributed by atoms with Gasteiger partial charge in [0.15, 0.2) is 5.69 Å². The number of carbonyl (C=O) groups excluding carboxylic acids is 1. The molecule has 0 bridgehead atoms. The van der Waals surface area contributed by atoms with Crippen molar-refractivity contribution in [2.75, 3.05) is 14.1 Å². The van der Waals surface area contributed by atoms with E-state index in [1.807, 2.05) is 0 Å². The van der Waals surface area contributed by atoms with Crippen molar-refractivity contribution in [2.45, 2.75) is 0 Å². The average molecular weight is 287 g/mol. The summed E-state index contributed by atoms with van der Waals surface area (Å²) in [7, 11) is 3.50. The summed E-state index contributed by atoms with van der Waals surface area (Å²) in [5.41, 5.74) is -0.585.